The molecule has 0 aromatic heterocycles. The highest BCUT2D eigenvalue weighted by Crippen LogP contribution is 2.32. The lowest BCUT2D eigenvalue weighted by atomic mass is 10.0. The summed E-state index contributed by atoms with van der Waals surface area (Å²) in [6, 6.07) is 6.92. The third kappa shape index (κ3) is 3.38. The van der Waals surface area contributed by atoms with Gasteiger partial charge in [0.1, 0.15) is 11.6 Å². The van der Waals surface area contributed by atoms with Crippen molar-refractivity contribution in [1.29, 1.82) is 0 Å². The zero-order valence-electron chi connectivity index (χ0n) is 14.1. The third-order valence-corrected chi connectivity index (χ3v) is 3.21. The van der Waals surface area contributed by atoms with Crippen LogP contribution in [0.5, 0.6) is 5.75 Å². The molecule has 0 aliphatic carbocycles. The minimum atomic E-state index is -0.365. The topological polar surface area (TPSA) is 52.9 Å². The SMILES string of the molecule is CC(C)(C)N=C1C(c2cccc(O)c2)=CC(=O)N1C(C)(C)C. The molecule has 0 saturated carbocycles. The molecule has 0 saturated heterocycles. The van der Waals surface area contributed by atoms with E-state index in [1.807, 2.05) is 47.6 Å². The minimum Gasteiger partial charge on any atom is -0.508 e. The van der Waals surface area contributed by atoms with Crippen molar-refractivity contribution in [3.63, 3.8) is 0 Å². The average Bonchev–Trinajstić information content (AvgIpc) is 2.63. The van der Waals surface area contributed by atoms with Crippen molar-refractivity contribution in [3.8, 4) is 5.75 Å². The van der Waals surface area contributed by atoms with Crippen LogP contribution in [0.15, 0.2) is 35.3 Å². The Morgan fingerprint density at radius 2 is 1.73 bits per heavy atom. The van der Waals surface area contributed by atoms with Gasteiger partial charge in [-0.25, -0.2) is 0 Å². The fourth-order valence-electron chi connectivity index (χ4n) is 2.44. The van der Waals surface area contributed by atoms with Crippen LogP contribution in [0.4, 0.5) is 0 Å². The highest BCUT2D eigenvalue weighted by Gasteiger charge is 2.38. The first kappa shape index (κ1) is 16.3. The van der Waals surface area contributed by atoms with Gasteiger partial charge in [-0.1, -0.05) is 12.1 Å². The summed E-state index contributed by atoms with van der Waals surface area (Å²) in [5, 5.41) is 9.72. The van der Waals surface area contributed by atoms with E-state index in [2.05, 4.69) is 0 Å². The van der Waals surface area contributed by atoms with E-state index in [9.17, 15) is 9.90 Å². The molecule has 0 radical (unpaired) electrons. The van der Waals surface area contributed by atoms with Gasteiger partial charge in [-0.3, -0.25) is 14.7 Å². The number of amidine groups is 1. The van der Waals surface area contributed by atoms with Crippen molar-refractivity contribution in [3.05, 3.63) is 35.9 Å². The molecule has 1 aliphatic heterocycles. The summed E-state index contributed by atoms with van der Waals surface area (Å²) >= 11 is 0. The summed E-state index contributed by atoms with van der Waals surface area (Å²) in [4.78, 5) is 19.0. The maximum atomic E-state index is 12.5. The summed E-state index contributed by atoms with van der Waals surface area (Å²) in [6.45, 7) is 12.0. The molecule has 1 amide bonds. The first-order valence-corrected chi connectivity index (χ1v) is 7.44. The number of phenolic OH excluding ortho intramolecular Hbond substituents is 1. The summed E-state index contributed by atoms with van der Waals surface area (Å²) in [5.74, 6) is 0.764. The second-order valence-electron chi connectivity index (χ2n) is 7.56. The smallest absolute Gasteiger partial charge is 0.253 e. The van der Waals surface area contributed by atoms with Crippen LogP contribution < -0.4 is 0 Å². The zero-order chi connectivity index (χ0) is 16.7. The number of aromatic hydroxyl groups is 1. The molecule has 1 heterocycles. The first-order chi connectivity index (χ1) is 9.99. The van der Waals surface area contributed by atoms with Crippen molar-refractivity contribution < 1.29 is 9.90 Å². The minimum absolute atomic E-state index is 0.0751. The molecule has 0 unspecified atom stereocenters. The Labute approximate surface area is 132 Å². The first-order valence-electron chi connectivity index (χ1n) is 7.44. The fraction of sp³-hybridized carbons (Fsp3) is 0.444. The molecule has 1 N–H and O–H groups in total. The lowest BCUT2D eigenvalue weighted by Gasteiger charge is -2.34. The molecule has 1 aliphatic rings. The second kappa shape index (κ2) is 5.27. The standard InChI is InChI=1S/C18H24N2O2/c1-17(2,3)19-16-14(12-8-7-9-13(21)10-12)11-15(22)20(16)18(4,5)6/h7-11,21H,1-6H3. The Morgan fingerprint density at radius 3 is 2.23 bits per heavy atom. The molecule has 1 aromatic rings. The molecule has 1 aromatic carbocycles. The Bertz CT molecular complexity index is 658. The number of hydrogen-bond donors (Lipinski definition) is 1. The van der Waals surface area contributed by atoms with Crippen molar-refractivity contribution in [2.24, 2.45) is 4.99 Å². The van der Waals surface area contributed by atoms with Gasteiger partial charge in [-0.15, -0.1) is 0 Å². The molecule has 2 rings (SSSR count). The number of carbonyl (C=O) groups is 1. The van der Waals surface area contributed by atoms with Crippen LogP contribution in [0, 0.1) is 0 Å². The van der Waals surface area contributed by atoms with Crippen molar-refractivity contribution in [1.82, 2.24) is 4.90 Å². The summed E-state index contributed by atoms with van der Waals surface area (Å²) in [5.41, 5.74) is 0.879. The van der Waals surface area contributed by atoms with E-state index < -0.39 is 0 Å². The summed E-state index contributed by atoms with van der Waals surface area (Å²) in [6.07, 6.45) is 1.60. The Morgan fingerprint density at radius 1 is 1.09 bits per heavy atom. The van der Waals surface area contributed by atoms with Crippen LogP contribution in [0.25, 0.3) is 5.57 Å². The summed E-state index contributed by atoms with van der Waals surface area (Å²) in [7, 11) is 0. The molecule has 22 heavy (non-hydrogen) atoms. The fourth-order valence-corrected chi connectivity index (χ4v) is 2.44. The normalized spacial score (nSPS) is 18.1. The van der Waals surface area contributed by atoms with Crippen LogP contribution in [-0.2, 0) is 4.79 Å². The number of phenols is 1. The molecule has 0 bridgehead atoms. The Hall–Kier alpha value is -2.10. The quantitative estimate of drug-likeness (QED) is 0.861. The van der Waals surface area contributed by atoms with Crippen LogP contribution >= 0.6 is 0 Å². The van der Waals surface area contributed by atoms with Gasteiger partial charge in [-0.05, 0) is 59.2 Å². The van der Waals surface area contributed by atoms with E-state index in [4.69, 9.17) is 4.99 Å². The molecule has 0 fully saturated rings. The van der Waals surface area contributed by atoms with E-state index >= 15 is 0 Å². The van der Waals surface area contributed by atoms with Gasteiger partial charge in [0, 0.05) is 17.2 Å². The number of amides is 1. The van der Waals surface area contributed by atoms with E-state index in [-0.39, 0.29) is 22.7 Å². The molecule has 4 heteroatoms. The van der Waals surface area contributed by atoms with E-state index in [1.54, 1.807) is 29.2 Å². The third-order valence-electron chi connectivity index (χ3n) is 3.21. The number of nitrogens with zero attached hydrogens (tertiary/aromatic N) is 2. The van der Waals surface area contributed by atoms with Crippen LogP contribution in [0.3, 0.4) is 0 Å². The zero-order valence-corrected chi connectivity index (χ0v) is 14.1. The number of hydrogen-bond acceptors (Lipinski definition) is 3. The lowest BCUT2D eigenvalue weighted by Crippen LogP contribution is -2.46. The van der Waals surface area contributed by atoms with Gasteiger partial charge in [0.2, 0.25) is 0 Å². The maximum absolute atomic E-state index is 12.5. The van der Waals surface area contributed by atoms with Crippen molar-refractivity contribution in [2.75, 3.05) is 0 Å². The predicted molar refractivity (Wildman–Crippen MR) is 89.9 cm³/mol. The molecule has 118 valence electrons. The number of benzene rings is 1. The number of rotatable bonds is 1. The lowest BCUT2D eigenvalue weighted by molar-refractivity contribution is -0.124. The van der Waals surface area contributed by atoms with Gasteiger partial charge in [0.25, 0.3) is 5.91 Å². The van der Waals surface area contributed by atoms with Crippen molar-refractivity contribution >= 4 is 17.3 Å². The number of aliphatic imine (C=N–C) groups is 1. The van der Waals surface area contributed by atoms with Gasteiger partial charge in [0.15, 0.2) is 0 Å². The number of carbonyl (C=O) groups excluding carboxylic acids is 1. The average molecular weight is 300 g/mol. The Kier molecular flexibility index (Phi) is 3.90. The Balaban J connectivity index is 2.60. The highest BCUT2D eigenvalue weighted by molar-refractivity contribution is 6.36. The van der Waals surface area contributed by atoms with Gasteiger partial charge in [0.05, 0.1) is 5.54 Å². The van der Waals surface area contributed by atoms with Crippen LogP contribution in [0.2, 0.25) is 0 Å². The van der Waals surface area contributed by atoms with E-state index in [0.717, 1.165) is 11.1 Å². The van der Waals surface area contributed by atoms with Gasteiger partial charge in [-0.2, -0.15) is 0 Å². The molecular weight excluding hydrogens is 276 g/mol. The second-order valence-corrected chi connectivity index (χ2v) is 7.56. The molecule has 4 nitrogen and oxygen atoms in total. The van der Waals surface area contributed by atoms with Crippen LogP contribution in [-0.4, -0.2) is 32.8 Å². The van der Waals surface area contributed by atoms with Gasteiger partial charge >= 0.3 is 0 Å². The molecule has 0 spiro atoms. The molecular formula is C18H24N2O2. The highest BCUT2D eigenvalue weighted by atomic mass is 16.3. The van der Waals surface area contributed by atoms with E-state index in [1.165, 1.54) is 0 Å². The predicted octanol–water partition coefficient (Wildman–Crippen LogP) is 3.61. The van der Waals surface area contributed by atoms with E-state index in [0.29, 0.717) is 5.84 Å². The van der Waals surface area contributed by atoms with Crippen LogP contribution in [0.1, 0.15) is 47.1 Å². The monoisotopic (exact) mass is 300 g/mol. The largest absolute Gasteiger partial charge is 0.508 e. The summed E-state index contributed by atoms with van der Waals surface area (Å²) < 4.78 is 0. The van der Waals surface area contributed by atoms with Gasteiger partial charge < -0.3 is 5.11 Å². The van der Waals surface area contributed by atoms with Crippen molar-refractivity contribution in [2.45, 2.75) is 52.6 Å². The maximum Gasteiger partial charge on any atom is 0.253 e. The molecule has 0 atom stereocenters.